The summed E-state index contributed by atoms with van der Waals surface area (Å²) in [5.74, 6) is 2.97. The second-order valence-electron chi connectivity index (χ2n) is 4.69. The summed E-state index contributed by atoms with van der Waals surface area (Å²) in [5.41, 5.74) is 0.0453. The third kappa shape index (κ3) is 1.98. The number of nitrogens with one attached hydrogen (secondary N) is 1. The largest absolute Gasteiger partial charge is 0.339 e. The van der Waals surface area contributed by atoms with Crippen molar-refractivity contribution in [2.75, 3.05) is 19.3 Å². The first-order chi connectivity index (χ1) is 7.69. The van der Waals surface area contributed by atoms with E-state index in [9.17, 15) is 0 Å². The minimum absolute atomic E-state index is 0.0453. The molecule has 1 saturated heterocycles. The van der Waals surface area contributed by atoms with Crippen LogP contribution in [-0.4, -0.2) is 29.5 Å². The summed E-state index contributed by atoms with van der Waals surface area (Å²) in [7, 11) is 0. The Morgan fingerprint density at radius 3 is 2.94 bits per heavy atom. The summed E-state index contributed by atoms with van der Waals surface area (Å²) >= 11 is 1.72. The summed E-state index contributed by atoms with van der Waals surface area (Å²) in [6.07, 6.45) is 3.14. The molecule has 1 unspecified atom stereocenters. The van der Waals surface area contributed by atoms with Crippen LogP contribution in [0.25, 0.3) is 0 Å². The number of hydrogen-bond acceptors (Lipinski definition) is 5. The van der Waals surface area contributed by atoms with Gasteiger partial charge in [-0.25, -0.2) is 0 Å². The van der Waals surface area contributed by atoms with E-state index in [4.69, 9.17) is 4.52 Å². The maximum atomic E-state index is 5.45. The van der Waals surface area contributed by atoms with Crippen LogP contribution in [-0.2, 0) is 11.2 Å². The quantitative estimate of drug-likeness (QED) is 0.871. The summed E-state index contributed by atoms with van der Waals surface area (Å²) in [5, 5.41) is 7.44. The Hall–Kier alpha value is -0.550. The lowest BCUT2D eigenvalue weighted by Crippen LogP contribution is -2.35. The van der Waals surface area contributed by atoms with E-state index < -0.39 is 0 Å². The highest BCUT2D eigenvalue weighted by molar-refractivity contribution is 7.97. The molecule has 5 heteroatoms. The second-order valence-corrected chi connectivity index (χ2v) is 5.55. The molecule has 90 valence electrons. The third-order valence-electron chi connectivity index (χ3n) is 3.46. The van der Waals surface area contributed by atoms with Crippen LogP contribution in [0.4, 0.5) is 0 Å². The zero-order chi connectivity index (χ0) is 11.6. The Kier molecular flexibility index (Phi) is 3.54. The fraction of sp³-hybridized carbons (Fsp3) is 0.818. The van der Waals surface area contributed by atoms with Gasteiger partial charge < -0.3 is 9.84 Å². The van der Waals surface area contributed by atoms with Gasteiger partial charge in [0.1, 0.15) is 0 Å². The molecule has 1 atom stereocenters. The summed E-state index contributed by atoms with van der Waals surface area (Å²) < 4.78 is 5.45. The molecule has 0 amide bonds. The van der Waals surface area contributed by atoms with E-state index in [1.165, 1.54) is 0 Å². The van der Waals surface area contributed by atoms with E-state index in [0.717, 1.165) is 37.0 Å². The standard InChI is InChI=1S/C11H19N3OS/c1-8(2)11(4-5-12-7-11)10-13-9(6-16-3)14-15-10/h8,12H,4-7H2,1-3H3. The van der Waals surface area contributed by atoms with Gasteiger partial charge in [0.15, 0.2) is 5.82 Å². The highest BCUT2D eigenvalue weighted by Crippen LogP contribution is 2.36. The maximum Gasteiger partial charge on any atom is 0.234 e. The van der Waals surface area contributed by atoms with Crippen molar-refractivity contribution >= 4 is 11.8 Å². The monoisotopic (exact) mass is 241 g/mol. The molecule has 0 saturated carbocycles. The van der Waals surface area contributed by atoms with Gasteiger partial charge in [0.2, 0.25) is 5.89 Å². The average molecular weight is 241 g/mol. The lowest BCUT2D eigenvalue weighted by molar-refractivity contribution is 0.234. The van der Waals surface area contributed by atoms with Crippen molar-refractivity contribution < 1.29 is 4.52 Å². The Labute approximate surface area is 101 Å². The topological polar surface area (TPSA) is 51.0 Å². The van der Waals surface area contributed by atoms with Crippen molar-refractivity contribution in [2.45, 2.75) is 31.4 Å². The molecule has 0 aromatic carbocycles. The van der Waals surface area contributed by atoms with Gasteiger partial charge in [0, 0.05) is 6.54 Å². The molecular formula is C11H19N3OS. The van der Waals surface area contributed by atoms with E-state index in [1.807, 2.05) is 6.26 Å². The number of hydrogen-bond donors (Lipinski definition) is 1. The van der Waals surface area contributed by atoms with Crippen molar-refractivity contribution in [1.82, 2.24) is 15.5 Å². The molecule has 4 nitrogen and oxygen atoms in total. The number of thioether (sulfide) groups is 1. The van der Waals surface area contributed by atoms with Crippen LogP contribution in [0, 0.1) is 5.92 Å². The molecule has 16 heavy (non-hydrogen) atoms. The van der Waals surface area contributed by atoms with Crippen LogP contribution >= 0.6 is 11.8 Å². The normalized spacial score (nSPS) is 25.5. The fourth-order valence-corrected chi connectivity index (χ4v) is 2.65. The smallest absolute Gasteiger partial charge is 0.234 e. The Bertz CT molecular complexity index is 345. The molecule has 1 aromatic heterocycles. The van der Waals surface area contributed by atoms with Crippen molar-refractivity contribution in [2.24, 2.45) is 5.92 Å². The zero-order valence-electron chi connectivity index (χ0n) is 10.1. The van der Waals surface area contributed by atoms with E-state index in [2.05, 4.69) is 29.3 Å². The van der Waals surface area contributed by atoms with Gasteiger partial charge in [-0.2, -0.15) is 16.7 Å². The van der Waals surface area contributed by atoms with Crippen molar-refractivity contribution in [3.8, 4) is 0 Å². The summed E-state index contributed by atoms with van der Waals surface area (Å²) in [6, 6.07) is 0. The van der Waals surface area contributed by atoms with Gasteiger partial charge in [0.05, 0.1) is 11.2 Å². The van der Waals surface area contributed by atoms with Crippen LogP contribution < -0.4 is 5.32 Å². The molecule has 1 aliphatic rings. The molecule has 1 N–H and O–H groups in total. The van der Waals surface area contributed by atoms with Gasteiger partial charge in [-0.1, -0.05) is 19.0 Å². The molecular weight excluding hydrogens is 222 g/mol. The number of nitrogens with zero attached hydrogens (tertiary/aromatic N) is 2. The molecule has 2 heterocycles. The van der Waals surface area contributed by atoms with E-state index in [1.54, 1.807) is 11.8 Å². The Morgan fingerprint density at radius 1 is 1.56 bits per heavy atom. The lowest BCUT2D eigenvalue weighted by Gasteiger charge is -2.27. The molecule has 0 bridgehead atoms. The van der Waals surface area contributed by atoms with Gasteiger partial charge in [0.25, 0.3) is 0 Å². The van der Waals surface area contributed by atoms with Crippen LogP contribution in [0.2, 0.25) is 0 Å². The van der Waals surface area contributed by atoms with E-state index in [-0.39, 0.29) is 5.41 Å². The number of aromatic nitrogens is 2. The summed E-state index contributed by atoms with van der Waals surface area (Å²) in [6.45, 7) is 6.45. The fourth-order valence-electron chi connectivity index (χ4n) is 2.28. The minimum atomic E-state index is 0.0453. The SMILES string of the molecule is CSCc1noc(C2(C(C)C)CCNC2)n1. The van der Waals surface area contributed by atoms with E-state index in [0.29, 0.717) is 5.92 Å². The molecule has 1 aliphatic heterocycles. The molecule has 2 rings (SSSR count). The third-order valence-corrected chi connectivity index (χ3v) is 4.01. The highest BCUT2D eigenvalue weighted by Gasteiger charge is 2.43. The van der Waals surface area contributed by atoms with Crippen LogP contribution in [0.1, 0.15) is 32.0 Å². The van der Waals surface area contributed by atoms with Gasteiger partial charge in [-0.05, 0) is 25.1 Å². The first kappa shape index (κ1) is 11.9. The number of rotatable bonds is 4. The highest BCUT2D eigenvalue weighted by atomic mass is 32.2. The molecule has 0 radical (unpaired) electrons. The first-order valence-corrected chi connectivity index (χ1v) is 7.11. The lowest BCUT2D eigenvalue weighted by atomic mass is 9.76. The van der Waals surface area contributed by atoms with E-state index >= 15 is 0 Å². The molecule has 1 aromatic rings. The molecule has 1 fully saturated rings. The maximum absolute atomic E-state index is 5.45. The molecule has 0 spiro atoms. The predicted molar refractivity (Wildman–Crippen MR) is 65.5 cm³/mol. The summed E-state index contributed by atoms with van der Waals surface area (Å²) in [4.78, 5) is 4.54. The van der Waals surface area contributed by atoms with Crippen LogP contribution in [0.5, 0.6) is 0 Å². The van der Waals surface area contributed by atoms with Crippen LogP contribution in [0.15, 0.2) is 4.52 Å². The van der Waals surface area contributed by atoms with Gasteiger partial charge in [-0.3, -0.25) is 0 Å². The second kappa shape index (κ2) is 4.75. The Balaban J connectivity index is 2.25. The zero-order valence-corrected chi connectivity index (χ0v) is 10.9. The van der Waals surface area contributed by atoms with Gasteiger partial charge in [-0.15, -0.1) is 0 Å². The van der Waals surface area contributed by atoms with Crippen molar-refractivity contribution in [3.63, 3.8) is 0 Å². The van der Waals surface area contributed by atoms with Gasteiger partial charge >= 0.3 is 0 Å². The van der Waals surface area contributed by atoms with Crippen molar-refractivity contribution in [1.29, 1.82) is 0 Å². The first-order valence-electron chi connectivity index (χ1n) is 5.72. The molecule has 0 aliphatic carbocycles. The average Bonchev–Trinajstić information content (AvgIpc) is 2.85. The van der Waals surface area contributed by atoms with Crippen molar-refractivity contribution in [3.05, 3.63) is 11.7 Å². The minimum Gasteiger partial charge on any atom is -0.339 e. The van der Waals surface area contributed by atoms with Crippen LogP contribution in [0.3, 0.4) is 0 Å². The Morgan fingerprint density at radius 2 is 2.38 bits per heavy atom. The predicted octanol–water partition coefficient (Wildman–Crippen LogP) is 1.82.